The van der Waals surface area contributed by atoms with Crippen LogP contribution in [0.3, 0.4) is 0 Å². The van der Waals surface area contributed by atoms with Crippen molar-refractivity contribution in [2.45, 2.75) is 0 Å². The Hall–Kier alpha value is -0.190. The molecule has 0 aromatic rings. The molecule has 4 heteroatoms. The first-order valence-electron chi connectivity index (χ1n) is 2.84. The molecule has 0 aliphatic carbocycles. The number of rotatable bonds is 6. The van der Waals surface area contributed by atoms with Crippen LogP contribution in [0.1, 0.15) is 0 Å². The quantitative estimate of drug-likeness (QED) is 0.415. The van der Waals surface area contributed by atoms with E-state index in [2.05, 4.69) is 10.3 Å². The number of hydroxylamine groups is 1. The van der Waals surface area contributed by atoms with Crippen LogP contribution in [0.5, 0.6) is 0 Å². The lowest BCUT2D eigenvalue weighted by molar-refractivity contribution is 0.00319. The van der Waals surface area contributed by atoms with Crippen molar-refractivity contribution in [2.75, 3.05) is 33.5 Å². The molecule has 0 aliphatic heterocycles. The highest BCUT2D eigenvalue weighted by molar-refractivity contribution is 4.26. The van der Waals surface area contributed by atoms with E-state index < -0.39 is 6.67 Å². The lowest BCUT2D eigenvalue weighted by atomic mass is 10.7. The van der Waals surface area contributed by atoms with Crippen molar-refractivity contribution in [1.82, 2.24) is 5.48 Å². The zero-order valence-electron chi connectivity index (χ0n) is 5.52. The molecule has 0 unspecified atom stereocenters. The van der Waals surface area contributed by atoms with Gasteiger partial charge in [0, 0.05) is 7.05 Å². The molecule has 0 bridgehead atoms. The Morgan fingerprint density at radius 2 is 2.11 bits per heavy atom. The molecule has 0 spiro atoms. The smallest absolute Gasteiger partial charge is 0.113 e. The molecule has 0 heterocycles. The van der Waals surface area contributed by atoms with E-state index in [0.717, 1.165) is 0 Å². The second kappa shape index (κ2) is 7.81. The van der Waals surface area contributed by atoms with Crippen LogP contribution >= 0.6 is 0 Å². The predicted octanol–water partition coefficient (Wildman–Crippen LogP) is 0.123. The fourth-order valence-electron chi connectivity index (χ4n) is 0.359. The maximum Gasteiger partial charge on any atom is 0.113 e. The zero-order valence-corrected chi connectivity index (χ0v) is 5.52. The first-order chi connectivity index (χ1) is 4.41. The van der Waals surface area contributed by atoms with Crippen LogP contribution in [0.25, 0.3) is 0 Å². The third kappa shape index (κ3) is 7.81. The molecule has 56 valence electrons. The van der Waals surface area contributed by atoms with Crippen molar-refractivity contribution in [1.29, 1.82) is 0 Å². The first-order valence-corrected chi connectivity index (χ1v) is 2.84. The first kappa shape index (κ1) is 8.81. The molecule has 0 aromatic heterocycles. The van der Waals surface area contributed by atoms with Gasteiger partial charge in [0.05, 0.1) is 19.8 Å². The van der Waals surface area contributed by atoms with Crippen molar-refractivity contribution >= 4 is 0 Å². The maximum absolute atomic E-state index is 11.3. The van der Waals surface area contributed by atoms with E-state index in [4.69, 9.17) is 4.74 Å². The second-order valence-corrected chi connectivity index (χ2v) is 1.35. The average Bonchev–Trinajstić information content (AvgIpc) is 1.89. The molecule has 0 atom stereocenters. The molecule has 0 saturated carbocycles. The van der Waals surface area contributed by atoms with Gasteiger partial charge in [0.25, 0.3) is 0 Å². The minimum absolute atomic E-state index is 0.160. The molecular weight excluding hydrogens is 124 g/mol. The van der Waals surface area contributed by atoms with Crippen molar-refractivity contribution in [2.24, 2.45) is 0 Å². The summed E-state index contributed by atoms with van der Waals surface area (Å²) in [5.74, 6) is 0. The zero-order chi connectivity index (χ0) is 6.95. The molecule has 0 aliphatic rings. The molecule has 0 fully saturated rings. The third-order valence-corrected chi connectivity index (χ3v) is 0.696. The van der Waals surface area contributed by atoms with Crippen LogP contribution in [0, 0.1) is 0 Å². The molecule has 0 saturated heterocycles. The summed E-state index contributed by atoms with van der Waals surface area (Å²) in [6.07, 6.45) is 0. The monoisotopic (exact) mass is 136 g/mol. The van der Waals surface area contributed by atoms with Crippen molar-refractivity contribution in [3.05, 3.63) is 0 Å². The molecule has 0 rings (SSSR count). The van der Waals surface area contributed by atoms with Crippen molar-refractivity contribution in [3.63, 3.8) is 0 Å². The van der Waals surface area contributed by atoms with Crippen LogP contribution in [-0.4, -0.2) is 33.5 Å². The van der Waals surface area contributed by atoms with E-state index in [0.29, 0.717) is 13.2 Å². The highest BCUT2D eigenvalue weighted by Crippen LogP contribution is 1.75. The van der Waals surface area contributed by atoms with Gasteiger partial charge in [-0.3, -0.25) is 4.84 Å². The van der Waals surface area contributed by atoms with E-state index in [-0.39, 0.29) is 6.61 Å². The number of ether oxygens (including phenoxy) is 1. The number of hydrogen-bond acceptors (Lipinski definition) is 3. The SMILES string of the molecule is CNOCCOCC[18F]. The van der Waals surface area contributed by atoms with Gasteiger partial charge in [-0.05, 0) is 0 Å². The molecule has 0 aromatic carbocycles. The largest absolute Gasteiger partial charge is 0.376 e. The minimum Gasteiger partial charge on any atom is -0.376 e. The van der Waals surface area contributed by atoms with Gasteiger partial charge in [-0.15, -0.1) is 0 Å². The molecule has 9 heavy (non-hydrogen) atoms. The van der Waals surface area contributed by atoms with Gasteiger partial charge in [-0.2, -0.15) is 0 Å². The van der Waals surface area contributed by atoms with Gasteiger partial charge in [-0.25, -0.2) is 9.87 Å². The van der Waals surface area contributed by atoms with Gasteiger partial charge in [-0.1, -0.05) is 0 Å². The molecular formula is C5H12FNO2. The predicted molar refractivity (Wildman–Crippen MR) is 31.8 cm³/mol. The van der Waals surface area contributed by atoms with Crippen LogP contribution in [0.2, 0.25) is 0 Å². The van der Waals surface area contributed by atoms with Crippen molar-refractivity contribution in [3.8, 4) is 0 Å². The van der Waals surface area contributed by atoms with E-state index in [1.165, 1.54) is 0 Å². The van der Waals surface area contributed by atoms with E-state index in [1.54, 1.807) is 7.05 Å². The number of halogens is 1. The summed E-state index contributed by atoms with van der Waals surface area (Å²) in [5.41, 5.74) is 2.47. The van der Waals surface area contributed by atoms with Crippen LogP contribution in [0.4, 0.5) is 4.39 Å². The van der Waals surface area contributed by atoms with Crippen molar-refractivity contribution < 1.29 is 14.0 Å². The molecule has 0 amide bonds. The van der Waals surface area contributed by atoms with Crippen LogP contribution in [0.15, 0.2) is 0 Å². The van der Waals surface area contributed by atoms with Gasteiger partial charge in [0.15, 0.2) is 0 Å². The number of nitrogens with one attached hydrogen (secondary N) is 1. The Bertz CT molecular complexity index is 48.2. The Kier molecular flexibility index (Phi) is 7.65. The summed E-state index contributed by atoms with van der Waals surface area (Å²) in [6, 6.07) is 0. The van der Waals surface area contributed by atoms with E-state index in [9.17, 15) is 4.39 Å². The lowest BCUT2D eigenvalue weighted by Gasteiger charge is -2.00. The van der Waals surface area contributed by atoms with Crippen LogP contribution < -0.4 is 5.48 Å². The summed E-state index contributed by atoms with van der Waals surface area (Å²) in [7, 11) is 1.66. The Morgan fingerprint density at radius 3 is 2.67 bits per heavy atom. The Labute approximate surface area is 54.1 Å². The molecule has 1 N–H and O–H groups in total. The second-order valence-electron chi connectivity index (χ2n) is 1.35. The average molecular weight is 136 g/mol. The normalized spacial score (nSPS) is 10.0. The highest BCUT2D eigenvalue weighted by Gasteiger charge is 1.85. The highest BCUT2D eigenvalue weighted by atomic mass is 18.2. The fourth-order valence-corrected chi connectivity index (χ4v) is 0.359. The summed E-state index contributed by atoms with van der Waals surface area (Å²) < 4.78 is 16.1. The van der Waals surface area contributed by atoms with E-state index in [1.807, 2.05) is 0 Å². The molecule has 3 nitrogen and oxygen atoms in total. The number of alkyl halides is 1. The van der Waals surface area contributed by atoms with Gasteiger partial charge in [0.1, 0.15) is 6.67 Å². The standard InChI is InChI=1S/C5H12FNO2/c1-7-9-5-4-8-3-2-6/h7H,2-5H2,1H3/i6-1. The maximum atomic E-state index is 11.3. The summed E-state index contributed by atoms with van der Waals surface area (Å²) >= 11 is 0. The summed E-state index contributed by atoms with van der Waals surface area (Å²) in [5, 5.41) is 0. The summed E-state index contributed by atoms with van der Waals surface area (Å²) in [4.78, 5) is 4.68. The Morgan fingerprint density at radius 1 is 1.33 bits per heavy atom. The van der Waals surface area contributed by atoms with Gasteiger partial charge >= 0.3 is 0 Å². The minimum atomic E-state index is -0.431. The van der Waals surface area contributed by atoms with Gasteiger partial charge < -0.3 is 4.74 Å². The lowest BCUT2D eigenvalue weighted by Crippen LogP contribution is -2.13. The molecule has 0 radical (unpaired) electrons. The third-order valence-electron chi connectivity index (χ3n) is 0.696. The Balaban J connectivity index is 2.60. The summed E-state index contributed by atoms with van der Waals surface area (Å²) in [6.45, 7) is 0.619. The fraction of sp³-hybridized carbons (Fsp3) is 1.00. The van der Waals surface area contributed by atoms with E-state index >= 15 is 0 Å². The topological polar surface area (TPSA) is 30.5 Å². The van der Waals surface area contributed by atoms with Gasteiger partial charge in [0.2, 0.25) is 0 Å². The van der Waals surface area contributed by atoms with Crippen LogP contribution in [-0.2, 0) is 9.57 Å². The number of hydrogen-bond donors (Lipinski definition) is 1.